The molecule has 2 fully saturated rings. The molecule has 1 heterocycles. The number of hydrogen-bond donors (Lipinski definition) is 0. The lowest BCUT2D eigenvalue weighted by Gasteiger charge is -2.38. The summed E-state index contributed by atoms with van der Waals surface area (Å²) < 4.78 is 0. The molecule has 1 amide bonds. The summed E-state index contributed by atoms with van der Waals surface area (Å²) in [5.41, 5.74) is 0. The van der Waals surface area contributed by atoms with E-state index in [1.54, 1.807) is 6.92 Å². The Morgan fingerprint density at radius 2 is 1.50 bits per heavy atom. The quantitative estimate of drug-likeness (QED) is 0.635. The molecule has 1 aliphatic carbocycles. The number of carbonyl (C=O) groups excluding carboxylic acids is 1. The van der Waals surface area contributed by atoms with Crippen molar-refractivity contribution in [2.45, 2.75) is 51.5 Å². The maximum absolute atomic E-state index is 11.2. The molecule has 0 spiro atoms. The second kappa shape index (κ2) is 5.67. The van der Waals surface area contributed by atoms with Crippen LogP contribution in [0.15, 0.2) is 0 Å². The first-order valence-electron chi connectivity index (χ1n) is 6.77. The van der Waals surface area contributed by atoms with Crippen LogP contribution < -0.4 is 0 Å². The van der Waals surface area contributed by atoms with Crippen molar-refractivity contribution in [1.29, 1.82) is 0 Å². The van der Waals surface area contributed by atoms with Gasteiger partial charge in [0.15, 0.2) is 0 Å². The highest BCUT2D eigenvalue weighted by molar-refractivity contribution is 5.73. The lowest BCUT2D eigenvalue weighted by molar-refractivity contribution is -0.130. The summed E-state index contributed by atoms with van der Waals surface area (Å²) in [5.74, 6) is 0.237. The predicted octanol–water partition coefficient (Wildman–Crippen LogP) is 1.87. The van der Waals surface area contributed by atoms with Crippen molar-refractivity contribution in [2.24, 2.45) is 0 Å². The van der Waals surface area contributed by atoms with Crippen molar-refractivity contribution in [3.05, 3.63) is 0 Å². The zero-order valence-corrected chi connectivity index (χ0v) is 10.5. The highest BCUT2D eigenvalue weighted by Gasteiger charge is 2.24. The summed E-state index contributed by atoms with van der Waals surface area (Å²) in [6, 6.07) is 0.802. The molecule has 0 aromatic heterocycles. The Hall–Kier alpha value is -0.570. The zero-order valence-electron chi connectivity index (χ0n) is 10.5. The van der Waals surface area contributed by atoms with Gasteiger partial charge in [-0.1, -0.05) is 25.7 Å². The van der Waals surface area contributed by atoms with E-state index in [2.05, 4.69) is 4.90 Å². The van der Waals surface area contributed by atoms with Crippen LogP contribution in [-0.2, 0) is 4.79 Å². The van der Waals surface area contributed by atoms with Gasteiger partial charge in [0.25, 0.3) is 0 Å². The van der Waals surface area contributed by atoms with Gasteiger partial charge in [0.05, 0.1) is 0 Å². The second-order valence-electron chi connectivity index (χ2n) is 5.19. The highest BCUT2D eigenvalue weighted by Crippen LogP contribution is 2.22. The number of amides is 1. The topological polar surface area (TPSA) is 23.6 Å². The molecule has 1 aliphatic heterocycles. The fourth-order valence-electron chi connectivity index (χ4n) is 3.02. The van der Waals surface area contributed by atoms with Crippen molar-refractivity contribution in [1.82, 2.24) is 9.80 Å². The second-order valence-corrected chi connectivity index (χ2v) is 5.19. The van der Waals surface area contributed by atoms with E-state index in [-0.39, 0.29) is 5.91 Å². The van der Waals surface area contributed by atoms with E-state index in [9.17, 15) is 4.79 Å². The van der Waals surface area contributed by atoms with Gasteiger partial charge in [-0.25, -0.2) is 0 Å². The van der Waals surface area contributed by atoms with Crippen LogP contribution in [0.5, 0.6) is 0 Å². The molecule has 0 aromatic rings. The molecule has 1 saturated heterocycles. The van der Waals surface area contributed by atoms with Gasteiger partial charge >= 0.3 is 0 Å². The molecule has 0 atom stereocenters. The molecule has 2 rings (SSSR count). The van der Waals surface area contributed by atoms with Gasteiger partial charge in [-0.3, -0.25) is 9.69 Å². The summed E-state index contributed by atoms with van der Waals surface area (Å²) >= 11 is 0. The Morgan fingerprint density at radius 3 is 2.00 bits per heavy atom. The van der Waals surface area contributed by atoms with E-state index in [0.29, 0.717) is 0 Å². The summed E-state index contributed by atoms with van der Waals surface area (Å²) in [6.45, 7) is 5.73. The molecule has 92 valence electrons. The molecular weight excluding hydrogens is 200 g/mol. The minimum absolute atomic E-state index is 0.237. The van der Waals surface area contributed by atoms with Crippen molar-refractivity contribution in [3.8, 4) is 0 Å². The van der Waals surface area contributed by atoms with Crippen molar-refractivity contribution < 1.29 is 4.79 Å². The van der Waals surface area contributed by atoms with Gasteiger partial charge in [0, 0.05) is 39.1 Å². The number of piperazine rings is 1. The molecule has 3 nitrogen and oxygen atoms in total. The standard InChI is InChI=1S/C13H24N2O/c1-12(16)14-8-10-15(11-9-14)13-6-4-2-3-5-7-13/h13H,2-11H2,1H3. The van der Waals surface area contributed by atoms with Gasteiger partial charge in [0.2, 0.25) is 5.91 Å². The van der Waals surface area contributed by atoms with Gasteiger partial charge in [0.1, 0.15) is 0 Å². The Morgan fingerprint density at radius 1 is 0.938 bits per heavy atom. The summed E-state index contributed by atoms with van der Waals surface area (Å²) in [5, 5.41) is 0. The zero-order chi connectivity index (χ0) is 11.4. The molecule has 16 heavy (non-hydrogen) atoms. The van der Waals surface area contributed by atoms with Crippen LogP contribution >= 0.6 is 0 Å². The fourth-order valence-corrected chi connectivity index (χ4v) is 3.02. The van der Waals surface area contributed by atoms with Gasteiger partial charge in [-0.15, -0.1) is 0 Å². The molecule has 0 N–H and O–H groups in total. The number of rotatable bonds is 1. The Labute approximate surface area is 98.8 Å². The molecule has 2 aliphatic rings. The fraction of sp³-hybridized carbons (Fsp3) is 0.923. The maximum atomic E-state index is 11.2. The van der Waals surface area contributed by atoms with E-state index in [4.69, 9.17) is 0 Å². The van der Waals surface area contributed by atoms with Crippen LogP contribution in [-0.4, -0.2) is 47.9 Å². The maximum Gasteiger partial charge on any atom is 0.219 e. The van der Waals surface area contributed by atoms with Gasteiger partial charge in [-0.05, 0) is 12.8 Å². The van der Waals surface area contributed by atoms with E-state index in [0.717, 1.165) is 32.2 Å². The molecule has 1 saturated carbocycles. The molecular formula is C13H24N2O. The minimum Gasteiger partial charge on any atom is -0.340 e. The van der Waals surface area contributed by atoms with Crippen LogP contribution in [0, 0.1) is 0 Å². The third-order valence-electron chi connectivity index (χ3n) is 4.10. The monoisotopic (exact) mass is 224 g/mol. The van der Waals surface area contributed by atoms with Crippen LogP contribution in [0.4, 0.5) is 0 Å². The molecule has 0 radical (unpaired) electrons. The first kappa shape index (κ1) is 11.9. The van der Waals surface area contributed by atoms with Crippen LogP contribution in [0.25, 0.3) is 0 Å². The number of hydrogen-bond acceptors (Lipinski definition) is 2. The van der Waals surface area contributed by atoms with Gasteiger partial charge < -0.3 is 4.90 Å². The first-order chi connectivity index (χ1) is 7.77. The smallest absolute Gasteiger partial charge is 0.219 e. The lowest BCUT2D eigenvalue weighted by atomic mass is 10.1. The molecule has 0 unspecified atom stereocenters. The van der Waals surface area contributed by atoms with E-state index < -0.39 is 0 Å². The van der Waals surface area contributed by atoms with Crippen LogP contribution in [0.2, 0.25) is 0 Å². The molecule has 3 heteroatoms. The van der Waals surface area contributed by atoms with Crippen molar-refractivity contribution in [2.75, 3.05) is 26.2 Å². The normalized spacial score (nSPS) is 25.4. The Kier molecular flexibility index (Phi) is 4.22. The SMILES string of the molecule is CC(=O)N1CCN(C2CCCCCC2)CC1. The summed E-state index contributed by atoms with van der Waals surface area (Å²) in [4.78, 5) is 15.8. The molecule has 0 bridgehead atoms. The van der Waals surface area contributed by atoms with Gasteiger partial charge in [-0.2, -0.15) is 0 Å². The predicted molar refractivity (Wildman–Crippen MR) is 65.3 cm³/mol. The first-order valence-corrected chi connectivity index (χ1v) is 6.77. The third kappa shape index (κ3) is 2.97. The summed E-state index contributed by atoms with van der Waals surface area (Å²) in [7, 11) is 0. The van der Waals surface area contributed by atoms with E-state index >= 15 is 0 Å². The largest absolute Gasteiger partial charge is 0.340 e. The average molecular weight is 224 g/mol. The molecule has 0 aromatic carbocycles. The van der Waals surface area contributed by atoms with Crippen LogP contribution in [0.3, 0.4) is 0 Å². The Bertz CT molecular complexity index is 226. The van der Waals surface area contributed by atoms with E-state index in [1.165, 1.54) is 38.5 Å². The highest BCUT2D eigenvalue weighted by atomic mass is 16.2. The number of carbonyl (C=O) groups is 1. The summed E-state index contributed by atoms with van der Waals surface area (Å²) in [6.07, 6.45) is 8.39. The minimum atomic E-state index is 0.237. The third-order valence-corrected chi connectivity index (χ3v) is 4.10. The Balaban J connectivity index is 1.81. The van der Waals surface area contributed by atoms with Crippen molar-refractivity contribution in [3.63, 3.8) is 0 Å². The van der Waals surface area contributed by atoms with Crippen molar-refractivity contribution >= 4 is 5.91 Å². The number of nitrogens with zero attached hydrogens (tertiary/aromatic N) is 2. The average Bonchev–Trinajstić information content (AvgIpc) is 2.57. The van der Waals surface area contributed by atoms with E-state index in [1.807, 2.05) is 4.90 Å². The van der Waals surface area contributed by atoms with Crippen LogP contribution in [0.1, 0.15) is 45.4 Å². The lowest BCUT2D eigenvalue weighted by Crippen LogP contribution is -2.51.